The molecule has 1 saturated heterocycles. The lowest BCUT2D eigenvalue weighted by molar-refractivity contribution is -0.134. The molecule has 0 aromatic heterocycles. The minimum atomic E-state index is -0.303. The number of piperazine rings is 1. The highest BCUT2D eigenvalue weighted by Gasteiger charge is 2.35. The highest BCUT2D eigenvalue weighted by molar-refractivity contribution is 6.21. The molecule has 0 aliphatic carbocycles. The molecule has 30 heavy (non-hydrogen) atoms. The van der Waals surface area contributed by atoms with Gasteiger partial charge in [0.25, 0.3) is 11.8 Å². The maximum Gasteiger partial charge on any atom is 0.261 e. The van der Waals surface area contributed by atoms with Crippen LogP contribution in [0.2, 0.25) is 0 Å². The predicted octanol–water partition coefficient (Wildman–Crippen LogP) is 2.45. The number of hydrogen-bond donors (Lipinski definition) is 0. The van der Waals surface area contributed by atoms with E-state index in [0.717, 1.165) is 19.5 Å². The second-order valence-corrected chi connectivity index (χ2v) is 8.02. The number of rotatable bonds is 6. The fourth-order valence-electron chi connectivity index (χ4n) is 4.28. The van der Waals surface area contributed by atoms with Crippen LogP contribution >= 0.6 is 0 Å². The molecular weight excluding hydrogens is 378 g/mol. The molecule has 1 unspecified atom stereocenters. The molecule has 2 aromatic carbocycles. The third kappa shape index (κ3) is 4.14. The molecule has 0 N–H and O–H groups in total. The number of imide groups is 1. The Bertz CT molecular complexity index is 909. The van der Waals surface area contributed by atoms with E-state index < -0.39 is 0 Å². The van der Waals surface area contributed by atoms with Crippen molar-refractivity contribution >= 4 is 17.7 Å². The van der Waals surface area contributed by atoms with Gasteiger partial charge in [-0.2, -0.15) is 0 Å². The maximum atomic E-state index is 12.7. The number of benzene rings is 2. The molecule has 0 radical (unpaired) electrons. The smallest absolute Gasteiger partial charge is 0.261 e. The fourth-order valence-corrected chi connectivity index (χ4v) is 4.28. The Morgan fingerprint density at radius 1 is 0.900 bits per heavy atom. The zero-order chi connectivity index (χ0) is 21.1. The van der Waals surface area contributed by atoms with Crippen LogP contribution in [0.4, 0.5) is 0 Å². The van der Waals surface area contributed by atoms with Gasteiger partial charge in [0.1, 0.15) is 0 Å². The summed E-state index contributed by atoms with van der Waals surface area (Å²) >= 11 is 0. The van der Waals surface area contributed by atoms with Crippen LogP contribution in [0.15, 0.2) is 54.6 Å². The summed E-state index contributed by atoms with van der Waals surface area (Å²) in [7, 11) is 0. The standard InChI is InChI=1S/C24H27N3O3/c1-18-17-26(16-15-25(18)13-11-19-7-3-2-4-8-19)22(28)12-14-27-23(29)20-9-5-6-10-21(20)24(27)30/h2-10,18H,11-17H2,1H3. The molecule has 2 aliphatic heterocycles. The Hall–Kier alpha value is -2.99. The van der Waals surface area contributed by atoms with E-state index in [1.807, 2.05) is 11.0 Å². The van der Waals surface area contributed by atoms with Crippen molar-refractivity contribution in [2.24, 2.45) is 0 Å². The molecule has 156 valence electrons. The summed E-state index contributed by atoms with van der Waals surface area (Å²) in [4.78, 5) is 43.1. The SMILES string of the molecule is CC1CN(C(=O)CCN2C(=O)c3ccccc3C2=O)CCN1CCc1ccccc1. The van der Waals surface area contributed by atoms with Crippen molar-refractivity contribution in [2.75, 3.05) is 32.7 Å². The average molecular weight is 405 g/mol. The quantitative estimate of drug-likeness (QED) is 0.693. The first-order valence-corrected chi connectivity index (χ1v) is 10.6. The van der Waals surface area contributed by atoms with Crippen molar-refractivity contribution in [2.45, 2.75) is 25.8 Å². The summed E-state index contributed by atoms with van der Waals surface area (Å²) in [5.74, 6) is -0.605. The number of nitrogens with zero attached hydrogens (tertiary/aromatic N) is 3. The molecule has 2 heterocycles. The molecule has 0 spiro atoms. The third-order valence-corrected chi connectivity index (χ3v) is 6.08. The molecule has 2 aromatic rings. The van der Waals surface area contributed by atoms with Crippen molar-refractivity contribution in [3.8, 4) is 0 Å². The first kappa shape index (κ1) is 20.3. The predicted molar refractivity (Wildman–Crippen MR) is 114 cm³/mol. The largest absolute Gasteiger partial charge is 0.340 e. The lowest BCUT2D eigenvalue weighted by atomic mass is 10.1. The van der Waals surface area contributed by atoms with Crippen molar-refractivity contribution < 1.29 is 14.4 Å². The first-order chi connectivity index (χ1) is 14.5. The summed E-state index contributed by atoms with van der Waals surface area (Å²) in [6, 6.07) is 17.5. The molecule has 1 atom stereocenters. The van der Waals surface area contributed by atoms with E-state index in [4.69, 9.17) is 0 Å². The van der Waals surface area contributed by atoms with Crippen LogP contribution in [0.3, 0.4) is 0 Å². The van der Waals surface area contributed by atoms with Gasteiger partial charge in [-0.25, -0.2) is 0 Å². The second kappa shape index (κ2) is 8.79. The van der Waals surface area contributed by atoms with E-state index in [1.54, 1.807) is 24.3 Å². The summed E-state index contributed by atoms with van der Waals surface area (Å²) in [6.07, 6.45) is 1.17. The number of hydrogen-bond acceptors (Lipinski definition) is 4. The van der Waals surface area contributed by atoms with Crippen LogP contribution in [0.25, 0.3) is 0 Å². The summed E-state index contributed by atoms with van der Waals surface area (Å²) in [6.45, 7) is 5.45. The van der Waals surface area contributed by atoms with Crippen LogP contribution in [0.1, 0.15) is 39.6 Å². The minimum absolute atomic E-state index is 0.00103. The van der Waals surface area contributed by atoms with Gasteiger partial charge < -0.3 is 4.90 Å². The summed E-state index contributed by atoms with van der Waals surface area (Å²) in [5, 5.41) is 0. The van der Waals surface area contributed by atoms with Gasteiger partial charge in [0.2, 0.25) is 5.91 Å². The lowest BCUT2D eigenvalue weighted by Crippen LogP contribution is -2.54. The highest BCUT2D eigenvalue weighted by atomic mass is 16.2. The average Bonchev–Trinajstić information content (AvgIpc) is 3.02. The first-order valence-electron chi connectivity index (χ1n) is 10.6. The Morgan fingerprint density at radius 2 is 1.53 bits per heavy atom. The van der Waals surface area contributed by atoms with Gasteiger partial charge in [0.05, 0.1) is 11.1 Å². The van der Waals surface area contributed by atoms with Crippen LogP contribution in [-0.2, 0) is 11.2 Å². The molecule has 3 amide bonds. The van der Waals surface area contributed by atoms with E-state index in [1.165, 1.54) is 10.5 Å². The molecule has 1 fully saturated rings. The van der Waals surface area contributed by atoms with Gasteiger partial charge in [-0.05, 0) is 31.0 Å². The van der Waals surface area contributed by atoms with Gasteiger partial charge in [0, 0.05) is 45.2 Å². The molecule has 4 rings (SSSR count). The number of carbonyl (C=O) groups excluding carboxylic acids is 3. The number of fused-ring (bicyclic) bond motifs is 1. The van der Waals surface area contributed by atoms with Gasteiger partial charge >= 0.3 is 0 Å². The molecule has 0 saturated carbocycles. The lowest BCUT2D eigenvalue weighted by Gasteiger charge is -2.40. The van der Waals surface area contributed by atoms with Gasteiger partial charge in [0.15, 0.2) is 0 Å². The van der Waals surface area contributed by atoms with Crippen molar-refractivity contribution in [1.29, 1.82) is 0 Å². The third-order valence-electron chi connectivity index (χ3n) is 6.08. The molecule has 2 aliphatic rings. The van der Waals surface area contributed by atoms with E-state index in [2.05, 4.69) is 36.1 Å². The van der Waals surface area contributed by atoms with Crippen LogP contribution < -0.4 is 0 Å². The van der Waals surface area contributed by atoms with E-state index >= 15 is 0 Å². The monoisotopic (exact) mass is 405 g/mol. The summed E-state index contributed by atoms with van der Waals surface area (Å²) < 4.78 is 0. The maximum absolute atomic E-state index is 12.7. The fraction of sp³-hybridized carbons (Fsp3) is 0.375. The molecule has 6 heteroatoms. The minimum Gasteiger partial charge on any atom is -0.340 e. The topological polar surface area (TPSA) is 60.9 Å². The van der Waals surface area contributed by atoms with E-state index in [9.17, 15) is 14.4 Å². The highest BCUT2D eigenvalue weighted by Crippen LogP contribution is 2.22. The van der Waals surface area contributed by atoms with Crippen molar-refractivity contribution in [3.05, 3.63) is 71.3 Å². The van der Waals surface area contributed by atoms with Crippen LogP contribution in [0.5, 0.6) is 0 Å². The molecular formula is C24H27N3O3. The van der Waals surface area contributed by atoms with Gasteiger partial charge in [-0.1, -0.05) is 42.5 Å². The van der Waals surface area contributed by atoms with Crippen molar-refractivity contribution in [3.63, 3.8) is 0 Å². The van der Waals surface area contributed by atoms with Crippen LogP contribution in [0, 0.1) is 0 Å². The molecule has 0 bridgehead atoms. The zero-order valence-electron chi connectivity index (χ0n) is 17.3. The van der Waals surface area contributed by atoms with E-state index in [-0.39, 0.29) is 36.7 Å². The Labute approximate surface area is 177 Å². The Balaban J connectivity index is 1.26. The van der Waals surface area contributed by atoms with Gasteiger partial charge in [-0.15, -0.1) is 0 Å². The second-order valence-electron chi connectivity index (χ2n) is 8.02. The normalized spacial score (nSPS) is 19.3. The Morgan fingerprint density at radius 3 is 2.17 bits per heavy atom. The Kier molecular flexibility index (Phi) is 5.95. The van der Waals surface area contributed by atoms with Crippen LogP contribution in [-0.4, -0.2) is 71.2 Å². The number of amides is 3. The zero-order valence-corrected chi connectivity index (χ0v) is 17.3. The van der Waals surface area contributed by atoms with Crippen molar-refractivity contribution in [1.82, 2.24) is 14.7 Å². The summed E-state index contributed by atoms with van der Waals surface area (Å²) in [5.41, 5.74) is 2.18. The van der Waals surface area contributed by atoms with E-state index in [0.29, 0.717) is 24.2 Å². The molecule has 6 nitrogen and oxygen atoms in total. The number of carbonyl (C=O) groups is 3. The van der Waals surface area contributed by atoms with Gasteiger partial charge in [-0.3, -0.25) is 24.2 Å².